The Kier molecular flexibility index (Phi) is 12.8. The van der Waals surface area contributed by atoms with Crippen LogP contribution >= 0.6 is 0 Å². The average molecular weight is 434 g/mol. The minimum Gasteiger partial charge on any atom is -0.378 e. The van der Waals surface area contributed by atoms with Crippen molar-refractivity contribution in [3.8, 4) is 0 Å². The fourth-order valence-electron chi connectivity index (χ4n) is 3.50. The minimum absolute atomic E-state index is 0.0458. The van der Waals surface area contributed by atoms with Gasteiger partial charge in [0.2, 0.25) is 10.0 Å². The molecule has 0 saturated carbocycles. The first-order valence-corrected chi connectivity index (χ1v) is 12.7. The molecule has 9 heteroatoms. The smallest absolute Gasteiger partial charge is 0.216 e. The van der Waals surface area contributed by atoms with E-state index in [1.54, 1.807) is 11.4 Å². The number of hydrogen-bond acceptors (Lipinski definition) is 5. The van der Waals surface area contributed by atoms with E-state index in [1.165, 1.54) is 12.8 Å². The van der Waals surface area contributed by atoms with E-state index in [9.17, 15) is 8.42 Å². The van der Waals surface area contributed by atoms with Crippen molar-refractivity contribution in [3.63, 3.8) is 0 Å². The number of guanidine groups is 1. The van der Waals surface area contributed by atoms with Crippen LogP contribution in [-0.2, 0) is 14.8 Å². The molecule has 0 aromatic heterocycles. The fraction of sp³-hybridized carbons (Fsp3) is 0.950. The number of nitrogens with one attached hydrogen (secondary N) is 1. The number of piperazine rings is 1. The first kappa shape index (κ1) is 26.1. The Balaban J connectivity index is 2.38. The van der Waals surface area contributed by atoms with E-state index in [0.29, 0.717) is 26.2 Å². The van der Waals surface area contributed by atoms with Gasteiger partial charge in [-0.15, -0.1) is 0 Å². The summed E-state index contributed by atoms with van der Waals surface area (Å²) in [4.78, 5) is 9.04. The van der Waals surface area contributed by atoms with Crippen LogP contribution in [0.1, 0.15) is 47.0 Å². The Labute approximate surface area is 178 Å². The van der Waals surface area contributed by atoms with Crippen LogP contribution in [-0.4, -0.2) is 106 Å². The average Bonchev–Trinajstić information content (AvgIpc) is 2.68. The van der Waals surface area contributed by atoms with Gasteiger partial charge in [0, 0.05) is 39.8 Å². The Morgan fingerprint density at radius 3 is 2.24 bits per heavy atom. The van der Waals surface area contributed by atoms with E-state index in [4.69, 9.17) is 4.74 Å². The molecular weight excluding hydrogens is 390 g/mol. The molecule has 1 N–H and O–H groups in total. The first-order valence-electron chi connectivity index (χ1n) is 11.1. The minimum atomic E-state index is -3.26. The molecule has 1 saturated heterocycles. The number of nitrogens with zero attached hydrogens (tertiary/aromatic N) is 4. The summed E-state index contributed by atoms with van der Waals surface area (Å²) in [5.74, 6) is 0.909. The van der Waals surface area contributed by atoms with Gasteiger partial charge in [0.15, 0.2) is 5.96 Å². The summed E-state index contributed by atoms with van der Waals surface area (Å²) in [6.07, 6.45) is 3.49. The fourth-order valence-corrected chi connectivity index (χ4v) is 4.78. The largest absolute Gasteiger partial charge is 0.378 e. The maximum atomic E-state index is 12.5. The molecule has 172 valence electrons. The van der Waals surface area contributed by atoms with Crippen molar-refractivity contribution < 1.29 is 13.2 Å². The molecule has 1 aliphatic rings. The zero-order valence-corrected chi connectivity index (χ0v) is 20.0. The molecule has 0 aliphatic carbocycles. The molecule has 0 radical (unpaired) electrons. The monoisotopic (exact) mass is 433 g/mol. The van der Waals surface area contributed by atoms with Crippen molar-refractivity contribution in [2.45, 2.75) is 53.1 Å². The second-order valence-corrected chi connectivity index (χ2v) is 9.88. The van der Waals surface area contributed by atoms with E-state index in [-0.39, 0.29) is 18.5 Å². The SMILES string of the molecule is CCCN(CCC)CCCNC(=NC)N1CCN(S(=O)(=O)CCOC(C)C)CC1. The van der Waals surface area contributed by atoms with Gasteiger partial charge >= 0.3 is 0 Å². The highest BCUT2D eigenvalue weighted by molar-refractivity contribution is 7.89. The van der Waals surface area contributed by atoms with Gasteiger partial charge in [-0.2, -0.15) is 4.31 Å². The zero-order valence-electron chi connectivity index (χ0n) is 19.2. The van der Waals surface area contributed by atoms with Gasteiger partial charge in [-0.25, -0.2) is 8.42 Å². The van der Waals surface area contributed by atoms with Gasteiger partial charge in [-0.05, 0) is 52.7 Å². The third-order valence-electron chi connectivity index (χ3n) is 4.95. The van der Waals surface area contributed by atoms with E-state index < -0.39 is 10.0 Å². The quantitative estimate of drug-likeness (QED) is 0.269. The topological polar surface area (TPSA) is 77.5 Å². The molecule has 0 bridgehead atoms. The lowest BCUT2D eigenvalue weighted by Crippen LogP contribution is -2.54. The number of rotatable bonds is 13. The lowest BCUT2D eigenvalue weighted by atomic mass is 10.3. The van der Waals surface area contributed by atoms with Gasteiger partial charge in [-0.1, -0.05) is 13.8 Å². The van der Waals surface area contributed by atoms with E-state index in [0.717, 1.165) is 38.6 Å². The second kappa shape index (κ2) is 14.2. The highest BCUT2D eigenvalue weighted by Crippen LogP contribution is 2.09. The van der Waals surface area contributed by atoms with Crippen molar-refractivity contribution in [2.75, 3.05) is 71.8 Å². The number of sulfonamides is 1. The standard InChI is InChI=1S/C20H43N5O3S/c1-6-10-23(11-7-2)12-8-9-22-20(21-5)24-13-15-25(16-14-24)29(26,27)18-17-28-19(3)4/h19H,6-18H2,1-5H3,(H,21,22). The van der Waals surface area contributed by atoms with E-state index in [2.05, 4.69) is 34.0 Å². The number of hydrogen-bond donors (Lipinski definition) is 1. The van der Waals surface area contributed by atoms with Crippen molar-refractivity contribution >= 4 is 16.0 Å². The molecule has 1 heterocycles. The van der Waals surface area contributed by atoms with Crippen LogP contribution in [0.3, 0.4) is 0 Å². The van der Waals surface area contributed by atoms with Gasteiger partial charge in [-0.3, -0.25) is 4.99 Å². The van der Waals surface area contributed by atoms with Crippen LogP contribution in [0.15, 0.2) is 4.99 Å². The van der Waals surface area contributed by atoms with Crippen LogP contribution in [0, 0.1) is 0 Å². The van der Waals surface area contributed by atoms with Crippen molar-refractivity contribution in [3.05, 3.63) is 0 Å². The molecule has 1 aliphatic heterocycles. The summed E-state index contributed by atoms with van der Waals surface area (Å²) in [6.45, 7) is 15.1. The number of aliphatic imine (C=N–C) groups is 1. The molecule has 1 fully saturated rings. The molecule has 0 atom stereocenters. The Morgan fingerprint density at radius 1 is 1.10 bits per heavy atom. The summed E-state index contributed by atoms with van der Waals surface area (Å²) >= 11 is 0. The van der Waals surface area contributed by atoms with Crippen molar-refractivity contribution in [1.82, 2.24) is 19.4 Å². The maximum absolute atomic E-state index is 12.5. The van der Waals surface area contributed by atoms with Crippen LogP contribution < -0.4 is 5.32 Å². The number of ether oxygens (including phenoxy) is 1. The van der Waals surface area contributed by atoms with E-state index in [1.807, 2.05) is 13.8 Å². The van der Waals surface area contributed by atoms with Crippen LogP contribution in [0.5, 0.6) is 0 Å². The molecule has 0 aromatic rings. The second-order valence-electron chi connectivity index (χ2n) is 7.79. The molecule has 0 aromatic carbocycles. The van der Waals surface area contributed by atoms with Gasteiger partial charge in [0.1, 0.15) is 0 Å². The third kappa shape index (κ3) is 10.1. The first-order chi connectivity index (χ1) is 13.8. The summed E-state index contributed by atoms with van der Waals surface area (Å²) in [5.41, 5.74) is 0. The summed E-state index contributed by atoms with van der Waals surface area (Å²) in [5, 5.41) is 3.44. The molecule has 8 nitrogen and oxygen atoms in total. The Hall–Kier alpha value is -0.900. The maximum Gasteiger partial charge on any atom is 0.216 e. The summed E-state index contributed by atoms with van der Waals surface area (Å²) < 4.78 is 31.9. The third-order valence-corrected chi connectivity index (χ3v) is 6.78. The molecule has 0 spiro atoms. The molecule has 0 amide bonds. The van der Waals surface area contributed by atoms with Gasteiger partial charge in [0.05, 0.1) is 18.5 Å². The van der Waals surface area contributed by atoms with Crippen LogP contribution in [0.2, 0.25) is 0 Å². The van der Waals surface area contributed by atoms with Crippen LogP contribution in [0.4, 0.5) is 0 Å². The van der Waals surface area contributed by atoms with Crippen molar-refractivity contribution in [2.24, 2.45) is 4.99 Å². The predicted molar refractivity (Wildman–Crippen MR) is 121 cm³/mol. The van der Waals surface area contributed by atoms with Gasteiger partial charge in [0.25, 0.3) is 0 Å². The lowest BCUT2D eigenvalue weighted by molar-refractivity contribution is 0.0904. The molecule has 1 rings (SSSR count). The lowest BCUT2D eigenvalue weighted by Gasteiger charge is -2.36. The summed E-state index contributed by atoms with van der Waals surface area (Å²) in [7, 11) is -1.47. The van der Waals surface area contributed by atoms with Crippen molar-refractivity contribution in [1.29, 1.82) is 0 Å². The molecular formula is C20H43N5O3S. The summed E-state index contributed by atoms with van der Waals surface area (Å²) in [6, 6.07) is 0. The molecule has 29 heavy (non-hydrogen) atoms. The normalized spacial score (nSPS) is 16.8. The predicted octanol–water partition coefficient (Wildman–Crippen LogP) is 1.45. The van der Waals surface area contributed by atoms with E-state index >= 15 is 0 Å². The highest BCUT2D eigenvalue weighted by atomic mass is 32.2. The van der Waals surface area contributed by atoms with Gasteiger partial charge < -0.3 is 19.9 Å². The molecule has 0 unspecified atom stereocenters. The Morgan fingerprint density at radius 2 is 1.72 bits per heavy atom. The van der Waals surface area contributed by atoms with Crippen LogP contribution in [0.25, 0.3) is 0 Å². The zero-order chi connectivity index (χ0) is 21.7. The Bertz CT molecular complexity index is 554. The highest BCUT2D eigenvalue weighted by Gasteiger charge is 2.27.